The molecule has 0 aliphatic carbocycles. The van der Waals surface area contributed by atoms with E-state index in [0.29, 0.717) is 30.3 Å². The van der Waals surface area contributed by atoms with Gasteiger partial charge in [-0.1, -0.05) is 11.3 Å². The van der Waals surface area contributed by atoms with Gasteiger partial charge in [0, 0.05) is 24.8 Å². The van der Waals surface area contributed by atoms with Crippen LogP contribution in [0.25, 0.3) is 10.2 Å². The van der Waals surface area contributed by atoms with Crippen molar-refractivity contribution in [1.82, 2.24) is 4.98 Å². The highest BCUT2D eigenvalue weighted by Gasteiger charge is 2.34. The van der Waals surface area contributed by atoms with Crippen LogP contribution in [0, 0.1) is 11.7 Å². The molecule has 0 bridgehead atoms. The first kappa shape index (κ1) is 17.5. The maximum atomic E-state index is 13.3. The first-order valence-corrected chi connectivity index (χ1v) is 9.23. The average molecular weight is 387 g/mol. The Morgan fingerprint density at radius 1 is 1.19 bits per heavy atom. The minimum Gasteiger partial charge on any atom is -0.493 e. The summed E-state index contributed by atoms with van der Waals surface area (Å²) < 4.78 is 24.6. The molecule has 1 aromatic heterocycles. The molecule has 27 heavy (non-hydrogen) atoms. The largest absolute Gasteiger partial charge is 0.493 e. The lowest BCUT2D eigenvalue weighted by Gasteiger charge is -2.37. The monoisotopic (exact) mass is 387 g/mol. The Morgan fingerprint density at radius 2 is 1.96 bits per heavy atom. The number of benzene rings is 2. The van der Waals surface area contributed by atoms with Gasteiger partial charge in [0.15, 0.2) is 16.6 Å². The Bertz CT molecular complexity index is 1000. The van der Waals surface area contributed by atoms with Crippen molar-refractivity contribution in [2.24, 2.45) is 5.92 Å². The van der Waals surface area contributed by atoms with E-state index in [2.05, 4.69) is 10.3 Å². The lowest BCUT2D eigenvalue weighted by molar-refractivity contribution is -0.120. The maximum absolute atomic E-state index is 13.3. The molecule has 1 aliphatic heterocycles. The van der Waals surface area contributed by atoms with E-state index < -0.39 is 0 Å². The number of carbonyl (C=O) groups is 1. The summed E-state index contributed by atoms with van der Waals surface area (Å²) in [4.78, 5) is 19.0. The number of halogens is 1. The molecule has 0 saturated carbocycles. The summed E-state index contributed by atoms with van der Waals surface area (Å²) in [7, 11) is 3.12. The van der Waals surface area contributed by atoms with Crippen molar-refractivity contribution in [3.05, 3.63) is 42.2 Å². The predicted octanol–water partition coefficient (Wildman–Crippen LogP) is 3.53. The van der Waals surface area contributed by atoms with E-state index in [1.807, 2.05) is 4.90 Å². The molecule has 6 nitrogen and oxygen atoms in total. The van der Waals surface area contributed by atoms with Gasteiger partial charge < -0.3 is 19.7 Å². The highest BCUT2D eigenvalue weighted by Crippen LogP contribution is 2.34. The van der Waals surface area contributed by atoms with Crippen molar-refractivity contribution in [2.75, 3.05) is 37.5 Å². The molecule has 1 N–H and O–H groups in total. The molecular weight excluding hydrogens is 369 g/mol. The fourth-order valence-corrected chi connectivity index (χ4v) is 3.99. The van der Waals surface area contributed by atoms with Crippen LogP contribution in [0.2, 0.25) is 0 Å². The minimum absolute atomic E-state index is 0.0503. The number of anilines is 2. The highest BCUT2D eigenvalue weighted by molar-refractivity contribution is 7.22. The summed E-state index contributed by atoms with van der Waals surface area (Å²) in [5.41, 5.74) is 1.43. The summed E-state index contributed by atoms with van der Waals surface area (Å²) in [6, 6.07) is 9.82. The number of nitrogens with one attached hydrogen (secondary N) is 1. The number of nitrogens with zero attached hydrogens (tertiary/aromatic N) is 2. The normalized spacial score (nSPS) is 14.1. The zero-order valence-electron chi connectivity index (χ0n) is 14.9. The molecule has 0 spiro atoms. The van der Waals surface area contributed by atoms with Crippen LogP contribution in [-0.2, 0) is 4.79 Å². The second-order valence-corrected chi connectivity index (χ2v) is 7.28. The number of aromatic nitrogens is 1. The predicted molar refractivity (Wildman–Crippen MR) is 103 cm³/mol. The quantitative estimate of drug-likeness (QED) is 0.726. The molecule has 140 valence electrons. The number of fused-ring (bicyclic) bond motifs is 1. The summed E-state index contributed by atoms with van der Waals surface area (Å²) in [6.45, 7) is 1.17. The molecule has 1 saturated heterocycles. The van der Waals surface area contributed by atoms with E-state index in [-0.39, 0.29) is 17.6 Å². The van der Waals surface area contributed by atoms with Crippen LogP contribution in [0.3, 0.4) is 0 Å². The number of methoxy groups -OCH3 is 2. The van der Waals surface area contributed by atoms with E-state index >= 15 is 0 Å². The summed E-state index contributed by atoms with van der Waals surface area (Å²) in [6.07, 6.45) is 0. The summed E-state index contributed by atoms with van der Waals surface area (Å²) >= 11 is 1.43. The third-order valence-corrected chi connectivity index (χ3v) is 5.59. The number of rotatable bonds is 5. The average Bonchev–Trinajstić information content (AvgIpc) is 3.02. The van der Waals surface area contributed by atoms with Gasteiger partial charge in [-0.25, -0.2) is 9.37 Å². The molecule has 8 heteroatoms. The van der Waals surface area contributed by atoms with Gasteiger partial charge in [0.2, 0.25) is 5.91 Å². The highest BCUT2D eigenvalue weighted by atomic mass is 32.1. The van der Waals surface area contributed by atoms with Gasteiger partial charge >= 0.3 is 0 Å². The zero-order chi connectivity index (χ0) is 19.0. The summed E-state index contributed by atoms with van der Waals surface area (Å²) in [5.74, 6) is 0.728. The number of thiazole rings is 1. The lowest BCUT2D eigenvalue weighted by Crippen LogP contribution is -2.52. The summed E-state index contributed by atoms with van der Waals surface area (Å²) in [5, 5.41) is 3.72. The van der Waals surface area contributed by atoms with E-state index in [4.69, 9.17) is 9.47 Å². The fraction of sp³-hybridized carbons (Fsp3) is 0.263. The molecule has 2 aromatic carbocycles. The molecule has 1 amide bonds. The molecule has 2 heterocycles. The van der Waals surface area contributed by atoms with Crippen molar-refractivity contribution < 1.29 is 18.7 Å². The van der Waals surface area contributed by atoms with Crippen LogP contribution in [0.5, 0.6) is 11.5 Å². The van der Waals surface area contributed by atoms with E-state index in [0.717, 1.165) is 15.3 Å². The van der Waals surface area contributed by atoms with Gasteiger partial charge in [-0.15, -0.1) is 0 Å². The minimum atomic E-state index is -0.270. The lowest BCUT2D eigenvalue weighted by atomic mass is 10.00. The van der Waals surface area contributed by atoms with E-state index in [9.17, 15) is 9.18 Å². The van der Waals surface area contributed by atoms with Crippen LogP contribution in [0.15, 0.2) is 36.4 Å². The van der Waals surface area contributed by atoms with Gasteiger partial charge in [-0.2, -0.15) is 0 Å². The van der Waals surface area contributed by atoms with E-state index in [1.54, 1.807) is 38.5 Å². The molecule has 3 aromatic rings. The fourth-order valence-electron chi connectivity index (χ4n) is 2.98. The number of ether oxygens (including phenoxy) is 2. The standard InChI is InChI=1S/C19H18FN3O3S/c1-25-15-6-4-13(8-16(15)26-2)21-18(24)11-9-23(10-11)19-22-14-5-3-12(20)7-17(14)27-19/h3-8,11H,9-10H2,1-2H3,(H,21,24). The molecule has 1 aliphatic rings. The van der Waals surface area contributed by atoms with Gasteiger partial charge in [-0.3, -0.25) is 4.79 Å². The first-order valence-electron chi connectivity index (χ1n) is 8.41. The Morgan fingerprint density at radius 3 is 2.70 bits per heavy atom. The van der Waals surface area contributed by atoms with Crippen molar-refractivity contribution in [2.45, 2.75) is 0 Å². The third kappa shape index (κ3) is 3.40. The molecule has 0 atom stereocenters. The van der Waals surface area contributed by atoms with Crippen molar-refractivity contribution in [3.63, 3.8) is 0 Å². The van der Waals surface area contributed by atoms with Gasteiger partial charge in [-0.05, 0) is 30.3 Å². The molecule has 4 rings (SSSR count). The SMILES string of the molecule is COc1ccc(NC(=O)C2CN(c3nc4ccc(F)cc4s3)C2)cc1OC. The second kappa shape index (κ2) is 7.03. The number of hydrogen-bond donors (Lipinski definition) is 1. The smallest absolute Gasteiger partial charge is 0.231 e. The maximum Gasteiger partial charge on any atom is 0.231 e. The van der Waals surface area contributed by atoms with Gasteiger partial charge in [0.1, 0.15) is 5.82 Å². The Balaban J connectivity index is 1.39. The third-order valence-electron chi connectivity index (χ3n) is 4.51. The molecule has 0 radical (unpaired) electrons. The second-order valence-electron chi connectivity index (χ2n) is 6.27. The molecule has 1 fully saturated rings. The number of hydrogen-bond acceptors (Lipinski definition) is 6. The molecular formula is C19H18FN3O3S. The van der Waals surface area contributed by atoms with Crippen LogP contribution < -0.4 is 19.7 Å². The molecule has 0 unspecified atom stereocenters. The Labute approximate surface area is 159 Å². The number of carbonyl (C=O) groups excluding carboxylic acids is 1. The Hall–Kier alpha value is -2.87. The van der Waals surface area contributed by atoms with E-state index in [1.165, 1.54) is 23.5 Å². The first-order chi connectivity index (χ1) is 13.1. The van der Waals surface area contributed by atoms with Crippen LogP contribution in [0.1, 0.15) is 0 Å². The van der Waals surface area contributed by atoms with Crippen LogP contribution >= 0.6 is 11.3 Å². The van der Waals surface area contributed by atoms with Crippen LogP contribution in [-0.4, -0.2) is 38.2 Å². The van der Waals surface area contributed by atoms with Crippen molar-refractivity contribution in [3.8, 4) is 11.5 Å². The van der Waals surface area contributed by atoms with Crippen molar-refractivity contribution >= 4 is 38.3 Å². The number of amides is 1. The van der Waals surface area contributed by atoms with Gasteiger partial charge in [0.05, 0.1) is 30.4 Å². The zero-order valence-corrected chi connectivity index (χ0v) is 15.7. The van der Waals surface area contributed by atoms with Crippen molar-refractivity contribution in [1.29, 1.82) is 0 Å². The van der Waals surface area contributed by atoms with Crippen LogP contribution in [0.4, 0.5) is 15.2 Å². The van der Waals surface area contributed by atoms with Gasteiger partial charge in [0.25, 0.3) is 0 Å². The Kier molecular flexibility index (Phi) is 4.57. The topological polar surface area (TPSA) is 63.7 Å².